The number of nitrogens with zero attached hydrogens (tertiary/aromatic N) is 3. The molecule has 2 rings (SSSR count). The first-order valence-electron chi connectivity index (χ1n) is 5.79. The van der Waals surface area contributed by atoms with Gasteiger partial charge in [-0.2, -0.15) is 5.26 Å². The van der Waals surface area contributed by atoms with Crippen molar-refractivity contribution in [2.24, 2.45) is 5.92 Å². The Balaban J connectivity index is 2.00. The van der Waals surface area contributed by atoms with Gasteiger partial charge in [0.2, 0.25) is 0 Å². The lowest BCUT2D eigenvalue weighted by Gasteiger charge is -2.26. The number of hydrogen-bond acceptors (Lipinski definition) is 6. The number of nitriles is 1. The van der Waals surface area contributed by atoms with Crippen molar-refractivity contribution in [1.29, 1.82) is 5.26 Å². The molecular weight excluding hydrogens is 252 g/mol. The molecule has 1 N–H and O–H groups in total. The monoisotopic (exact) mass is 268 g/mol. The van der Waals surface area contributed by atoms with Crippen LogP contribution in [-0.2, 0) is 0 Å². The number of rotatable bonds is 6. The summed E-state index contributed by atoms with van der Waals surface area (Å²) in [6.07, 6.45) is 2.33. The molecule has 0 bridgehead atoms. The standard InChI is InChI=1S/C11H16N4S2/c1-3-13-11(6-12,9-4-5-9)7-16-10-15-14-8(2)17-10/h9,13H,3-5,7H2,1-2H3. The minimum absolute atomic E-state index is 0.376. The Hall–Kier alpha value is -0.640. The topological polar surface area (TPSA) is 61.6 Å². The fourth-order valence-electron chi connectivity index (χ4n) is 1.88. The summed E-state index contributed by atoms with van der Waals surface area (Å²) in [4.78, 5) is 0. The lowest BCUT2D eigenvalue weighted by atomic mass is 9.98. The minimum atomic E-state index is -0.376. The van der Waals surface area contributed by atoms with Gasteiger partial charge in [-0.1, -0.05) is 30.0 Å². The molecule has 0 spiro atoms. The fourth-order valence-corrected chi connectivity index (χ4v) is 3.92. The molecule has 0 aliphatic heterocycles. The van der Waals surface area contributed by atoms with Crippen molar-refractivity contribution in [3.05, 3.63) is 5.01 Å². The number of thioether (sulfide) groups is 1. The highest BCUT2D eigenvalue weighted by Gasteiger charge is 2.45. The number of aromatic nitrogens is 2. The first-order valence-corrected chi connectivity index (χ1v) is 7.59. The van der Waals surface area contributed by atoms with E-state index < -0.39 is 0 Å². The van der Waals surface area contributed by atoms with Gasteiger partial charge in [0.1, 0.15) is 10.5 Å². The van der Waals surface area contributed by atoms with Crippen LogP contribution in [0.4, 0.5) is 0 Å². The predicted molar refractivity (Wildman–Crippen MR) is 70.1 cm³/mol. The molecule has 1 aliphatic carbocycles. The van der Waals surface area contributed by atoms with Crippen LogP contribution in [0.3, 0.4) is 0 Å². The maximum Gasteiger partial charge on any atom is 0.174 e. The third-order valence-electron chi connectivity index (χ3n) is 2.90. The van der Waals surface area contributed by atoms with Crippen molar-refractivity contribution in [3.63, 3.8) is 0 Å². The minimum Gasteiger partial charge on any atom is -0.299 e. The van der Waals surface area contributed by atoms with Crippen LogP contribution in [0.25, 0.3) is 0 Å². The Morgan fingerprint density at radius 2 is 2.35 bits per heavy atom. The van der Waals surface area contributed by atoms with Gasteiger partial charge in [-0.3, -0.25) is 5.32 Å². The molecule has 0 amide bonds. The van der Waals surface area contributed by atoms with Gasteiger partial charge in [-0.15, -0.1) is 10.2 Å². The van der Waals surface area contributed by atoms with Crippen molar-refractivity contribution in [2.45, 2.75) is 36.6 Å². The molecule has 0 aromatic carbocycles. The quantitative estimate of drug-likeness (QED) is 0.802. The molecule has 0 saturated heterocycles. The molecular formula is C11H16N4S2. The Labute approximate surface area is 110 Å². The van der Waals surface area contributed by atoms with Crippen molar-refractivity contribution in [2.75, 3.05) is 12.3 Å². The van der Waals surface area contributed by atoms with Gasteiger partial charge in [-0.05, 0) is 32.2 Å². The average Bonchev–Trinajstić information content (AvgIpc) is 3.09. The largest absolute Gasteiger partial charge is 0.299 e. The third-order valence-corrected chi connectivity index (χ3v) is 5.06. The Morgan fingerprint density at radius 1 is 1.59 bits per heavy atom. The van der Waals surface area contributed by atoms with E-state index in [4.69, 9.17) is 0 Å². The van der Waals surface area contributed by atoms with Crippen LogP contribution in [0.5, 0.6) is 0 Å². The maximum atomic E-state index is 9.44. The number of nitrogens with one attached hydrogen (secondary N) is 1. The summed E-state index contributed by atoms with van der Waals surface area (Å²) < 4.78 is 0.959. The molecule has 1 aliphatic rings. The average molecular weight is 268 g/mol. The van der Waals surface area contributed by atoms with Gasteiger partial charge in [-0.25, -0.2) is 0 Å². The normalized spacial score (nSPS) is 18.6. The second kappa shape index (κ2) is 5.34. The Bertz CT molecular complexity index is 421. The molecule has 1 atom stereocenters. The molecule has 4 nitrogen and oxygen atoms in total. The summed E-state index contributed by atoms with van der Waals surface area (Å²) in [7, 11) is 0. The summed E-state index contributed by atoms with van der Waals surface area (Å²) in [5.74, 6) is 1.27. The summed E-state index contributed by atoms with van der Waals surface area (Å²) in [6, 6.07) is 2.48. The highest BCUT2D eigenvalue weighted by Crippen LogP contribution is 2.42. The van der Waals surface area contributed by atoms with E-state index in [1.54, 1.807) is 23.1 Å². The second-order valence-corrected chi connectivity index (χ2v) is 6.67. The van der Waals surface area contributed by atoms with E-state index in [1.165, 1.54) is 0 Å². The van der Waals surface area contributed by atoms with Gasteiger partial charge >= 0.3 is 0 Å². The second-order valence-electron chi connectivity index (χ2n) is 4.26. The fraction of sp³-hybridized carbons (Fsp3) is 0.727. The van der Waals surface area contributed by atoms with E-state index in [0.29, 0.717) is 5.92 Å². The molecule has 1 aromatic rings. The summed E-state index contributed by atoms with van der Waals surface area (Å²) in [5.41, 5.74) is -0.376. The molecule has 1 unspecified atom stereocenters. The zero-order valence-electron chi connectivity index (χ0n) is 10.1. The van der Waals surface area contributed by atoms with Crippen molar-refractivity contribution < 1.29 is 0 Å². The van der Waals surface area contributed by atoms with Crippen LogP contribution in [-0.4, -0.2) is 28.0 Å². The zero-order chi connectivity index (χ0) is 12.3. The van der Waals surface area contributed by atoms with E-state index in [2.05, 4.69) is 21.6 Å². The van der Waals surface area contributed by atoms with Gasteiger partial charge < -0.3 is 0 Å². The summed E-state index contributed by atoms with van der Waals surface area (Å²) >= 11 is 3.23. The van der Waals surface area contributed by atoms with E-state index >= 15 is 0 Å². The Kier molecular flexibility index (Phi) is 4.02. The predicted octanol–water partition coefficient (Wildman–Crippen LogP) is 2.22. The maximum absolute atomic E-state index is 9.44. The van der Waals surface area contributed by atoms with Crippen LogP contribution in [0.2, 0.25) is 0 Å². The molecule has 1 fully saturated rings. The van der Waals surface area contributed by atoms with E-state index in [0.717, 1.165) is 34.5 Å². The van der Waals surface area contributed by atoms with Crippen LogP contribution in [0.1, 0.15) is 24.8 Å². The van der Waals surface area contributed by atoms with Crippen LogP contribution >= 0.6 is 23.1 Å². The van der Waals surface area contributed by atoms with E-state index in [-0.39, 0.29) is 5.54 Å². The molecule has 92 valence electrons. The first kappa shape index (κ1) is 12.8. The van der Waals surface area contributed by atoms with Crippen LogP contribution in [0.15, 0.2) is 4.34 Å². The van der Waals surface area contributed by atoms with E-state index in [9.17, 15) is 5.26 Å². The van der Waals surface area contributed by atoms with E-state index in [1.807, 2.05) is 13.8 Å². The molecule has 6 heteroatoms. The molecule has 1 aromatic heterocycles. The zero-order valence-corrected chi connectivity index (χ0v) is 11.7. The van der Waals surface area contributed by atoms with Gasteiger partial charge in [0.25, 0.3) is 0 Å². The van der Waals surface area contributed by atoms with Gasteiger partial charge in [0.05, 0.1) is 6.07 Å². The first-order chi connectivity index (χ1) is 8.20. The lowest BCUT2D eigenvalue weighted by Crippen LogP contribution is -2.48. The SMILES string of the molecule is CCNC(C#N)(CSc1nnc(C)s1)C1CC1. The third kappa shape index (κ3) is 2.97. The smallest absolute Gasteiger partial charge is 0.174 e. The molecule has 17 heavy (non-hydrogen) atoms. The van der Waals surface area contributed by atoms with Gasteiger partial charge in [0.15, 0.2) is 4.34 Å². The van der Waals surface area contributed by atoms with Crippen LogP contribution < -0.4 is 5.32 Å². The number of hydrogen-bond donors (Lipinski definition) is 1. The highest BCUT2D eigenvalue weighted by atomic mass is 32.2. The van der Waals surface area contributed by atoms with Crippen molar-refractivity contribution >= 4 is 23.1 Å². The van der Waals surface area contributed by atoms with Crippen molar-refractivity contribution in [1.82, 2.24) is 15.5 Å². The summed E-state index contributed by atoms with van der Waals surface area (Å²) in [6.45, 7) is 4.83. The highest BCUT2D eigenvalue weighted by molar-refractivity contribution is 8.01. The molecule has 1 heterocycles. The lowest BCUT2D eigenvalue weighted by molar-refractivity contribution is 0.416. The van der Waals surface area contributed by atoms with Gasteiger partial charge in [0, 0.05) is 5.75 Å². The van der Waals surface area contributed by atoms with Crippen LogP contribution in [0, 0.1) is 24.2 Å². The molecule has 0 radical (unpaired) electrons. The Morgan fingerprint density at radius 3 is 2.82 bits per heavy atom. The summed E-state index contributed by atoms with van der Waals surface area (Å²) in [5, 5.41) is 21.9. The van der Waals surface area contributed by atoms with Crippen molar-refractivity contribution in [3.8, 4) is 6.07 Å². The molecule has 1 saturated carbocycles. The number of aryl methyl sites for hydroxylation is 1.